The maximum absolute atomic E-state index is 10.8. The lowest BCUT2D eigenvalue weighted by molar-refractivity contribution is 0.0628. The minimum atomic E-state index is -0.595. The molecule has 4 heteroatoms. The number of nitrogens with zero attached hydrogens (tertiary/aromatic N) is 2. The molecule has 164 valence electrons. The standard InChI is InChI=1S/C28H30N2O2/c1-21-9-12-27(13-10-21)32-20-26(31)19-30(18-25-7-4-3-6-22(25)2)17-23-11-14-28-24(16-23)8-5-15-29-28/h3-16,26,31H,17-20H2,1-2H3. The summed E-state index contributed by atoms with van der Waals surface area (Å²) in [6, 6.07) is 26.7. The Morgan fingerprint density at radius 3 is 2.53 bits per heavy atom. The van der Waals surface area contributed by atoms with E-state index in [1.165, 1.54) is 22.3 Å². The number of aliphatic hydroxyl groups excluding tert-OH is 1. The third-order valence-electron chi connectivity index (χ3n) is 5.66. The fourth-order valence-electron chi connectivity index (χ4n) is 3.87. The molecular weight excluding hydrogens is 396 g/mol. The summed E-state index contributed by atoms with van der Waals surface area (Å²) in [4.78, 5) is 6.70. The molecule has 4 nitrogen and oxygen atoms in total. The Balaban J connectivity index is 1.47. The number of aromatic nitrogens is 1. The molecule has 1 unspecified atom stereocenters. The maximum Gasteiger partial charge on any atom is 0.119 e. The van der Waals surface area contributed by atoms with Gasteiger partial charge in [0.15, 0.2) is 0 Å². The zero-order chi connectivity index (χ0) is 22.3. The Labute approximate surface area is 190 Å². The lowest BCUT2D eigenvalue weighted by Crippen LogP contribution is -2.35. The molecule has 0 saturated heterocycles. The Morgan fingerprint density at radius 1 is 0.906 bits per heavy atom. The highest BCUT2D eigenvalue weighted by Crippen LogP contribution is 2.18. The molecule has 32 heavy (non-hydrogen) atoms. The quantitative estimate of drug-likeness (QED) is 0.395. The molecule has 1 N–H and O–H groups in total. The number of rotatable bonds is 9. The predicted molar refractivity (Wildman–Crippen MR) is 130 cm³/mol. The van der Waals surface area contributed by atoms with Crippen molar-refractivity contribution in [2.45, 2.75) is 33.0 Å². The normalized spacial score (nSPS) is 12.2. The minimum absolute atomic E-state index is 0.259. The van der Waals surface area contributed by atoms with E-state index in [9.17, 15) is 5.11 Å². The topological polar surface area (TPSA) is 45.6 Å². The van der Waals surface area contributed by atoms with E-state index < -0.39 is 6.10 Å². The van der Waals surface area contributed by atoms with E-state index in [1.807, 2.05) is 43.5 Å². The molecule has 4 aromatic rings. The van der Waals surface area contributed by atoms with Crippen molar-refractivity contribution >= 4 is 10.9 Å². The van der Waals surface area contributed by atoms with E-state index in [2.05, 4.69) is 65.3 Å². The molecule has 1 heterocycles. The van der Waals surface area contributed by atoms with E-state index in [0.717, 1.165) is 29.7 Å². The first kappa shape index (κ1) is 22.0. The van der Waals surface area contributed by atoms with Crippen molar-refractivity contribution in [1.82, 2.24) is 9.88 Å². The summed E-state index contributed by atoms with van der Waals surface area (Å²) < 4.78 is 5.82. The monoisotopic (exact) mass is 426 g/mol. The van der Waals surface area contributed by atoms with Gasteiger partial charge in [0.05, 0.1) is 5.52 Å². The maximum atomic E-state index is 10.8. The van der Waals surface area contributed by atoms with Gasteiger partial charge in [-0.2, -0.15) is 0 Å². The molecule has 0 saturated carbocycles. The van der Waals surface area contributed by atoms with Gasteiger partial charge in [-0.1, -0.05) is 54.1 Å². The fraction of sp³-hybridized carbons (Fsp3) is 0.250. The molecule has 0 aliphatic heterocycles. The van der Waals surface area contributed by atoms with Crippen molar-refractivity contribution in [3.63, 3.8) is 0 Å². The summed E-state index contributed by atoms with van der Waals surface area (Å²) in [6.45, 7) is 6.46. The van der Waals surface area contributed by atoms with Crippen LogP contribution in [0.25, 0.3) is 10.9 Å². The second kappa shape index (κ2) is 10.4. The molecule has 0 aliphatic rings. The van der Waals surface area contributed by atoms with Crippen LogP contribution in [0.3, 0.4) is 0 Å². The summed E-state index contributed by atoms with van der Waals surface area (Å²) in [5.74, 6) is 0.780. The number of aryl methyl sites for hydroxylation is 2. The van der Waals surface area contributed by atoms with Crippen molar-refractivity contribution in [2.24, 2.45) is 0 Å². The van der Waals surface area contributed by atoms with Gasteiger partial charge in [-0.05, 0) is 60.9 Å². The smallest absolute Gasteiger partial charge is 0.119 e. The van der Waals surface area contributed by atoms with Crippen LogP contribution in [0.1, 0.15) is 22.3 Å². The van der Waals surface area contributed by atoms with Crippen molar-refractivity contribution in [1.29, 1.82) is 0 Å². The minimum Gasteiger partial charge on any atom is -0.491 e. The molecule has 0 bridgehead atoms. The highest BCUT2D eigenvalue weighted by Gasteiger charge is 2.15. The van der Waals surface area contributed by atoms with E-state index in [-0.39, 0.29) is 6.61 Å². The molecule has 1 atom stereocenters. The highest BCUT2D eigenvalue weighted by atomic mass is 16.5. The van der Waals surface area contributed by atoms with E-state index >= 15 is 0 Å². The summed E-state index contributed by atoms with van der Waals surface area (Å²) in [7, 11) is 0. The molecule has 0 spiro atoms. The molecular formula is C28H30N2O2. The van der Waals surface area contributed by atoms with Gasteiger partial charge >= 0.3 is 0 Å². The molecule has 0 fully saturated rings. The van der Waals surface area contributed by atoms with Crippen molar-refractivity contribution < 1.29 is 9.84 Å². The van der Waals surface area contributed by atoms with Crippen LogP contribution < -0.4 is 4.74 Å². The van der Waals surface area contributed by atoms with Crippen LogP contribution in [0, 0.1) is 13.8 Å². The first-order chi connectivity index (χ1) is 15.6. The summed E-state index contributed by atoms with van der Waals surface area (Å²) in [5.41, 5.74) is 5.90. The van der Waals surface area contributed by atoms with Crippen LogP contribution in [-0.4, -0.2) is 34.2 Å². The van der Waals surface area contributed by atoms with Crippen molar-refractivity contribution in [3.05, 3.63) is 107 Å². The van der Waals surface area contributed by atoms with Crippen LogP contribution in [0.5, 0.6) is 5.75 Å². The number of ether oxygens (including phenoxy) is 1. The van der Waals surface area contributed by atoms with E-state index in [1.54, 1.807) is 0 Å². The lowest BCUT2D eigenvalue weighted by atomic mass is 10.1. The van der Waals surface area contributed by atoms with Crippen molar-refractivity contribution in [3.8, 4) is 5.75 Å². The molecule has 0 amide bonds. The van der Waals surface area contributed by atoms with Gasteiger partial charge < -0.3 is 9.84 Å². The van der Waals surface area contributed by atoms with E-state index in [0.29, 0.717) is 6.54 Å². The van der Waals surface area contributed by atoms with Gasteiger partial charge in [-0.25, -0.2) is 0 Å². The molecule has 0 radical (unpaired) electrons. The van der Waals surface area contributed by atoms with Gasteiger partial charge in [0.2, 0.25) is 0 Å². The fourth-order valence-corrected chi connectivity index (χ4v) is 3.87. The Morgan fingerprint density at radius 2 is 1.72 bits per heavy atom. The zero-order valence-corrected chi connectivity index (χ0v) is 18.7. The number of hydrogen-bond donors (Lipinski definition) is 1. The Hall–Kier alpha value is -3.21. The Bertz CT molecular complexity index is 1160. The third kappa shape index (κ3) is 5.94. The molecule has 0 aliphatic carbocycles. The van der Waals surface area contributed by atoms with Gasteiger partial charge in [-0.3, -0.25) is 9.88 Å². The summed E-state index contributed by atoms with van der Waals surface area (Å²) >= 11 is 0. The predicted octanol–water partition coefficient (Wildman–Crippen LogP) is 5.29. The third-order valence-corrected chi connectivity index (χ3v) is 5.66. The van der Waals surface area contributed by atoms with Gasteiger partial charge in [0.25, 0.3) is 0 Å². The number of hydrogen-bond acceptors (Lipinski definition) is 4. The van der Waals surface area contributed by atoms with Crippen LogP contribution in [0.15, 0.2) is 85.1 Å². The number of pyridine rings is 1. The largest absolute Gasteiger partial charge is 0.491 e. The first-order valence-corrected chi connectivity index (χ1v) is 11.0. The summed E-state index contributed by atoms with van der Waals surface area (Å²) in [6.07, 6.45) is 1.22. The highest BCUT2D eigenvalue weighted by molar-refractivity contribution is 5.78. The molecule has 3 aromatic carbocycles. The van der Waals surface area contributed by atoms with Gasteiger partial charge in [-0.15, -0.1) is 0 Å². The lowest BCUT2D eigenvalue weighted by Gasteiger charge is -2.26. The number of fused-ring (bicyclic) bond motifs is 1. The van der Waals surface area contributed by atoms with Crippen molar-refractivity contribution in [2.75, 3.05) is 13.2 Å². The summed E-state index contributed by atoms with van der Waals surface area (Å²) in [5, 5.41) is 11.9. The molecule has 1 aromatic heterocycles. The average Bonchev–Trinajstić information content (AvgIpc) is 2.80. The van der Waals surface area contributed by atoms with Gasteiger partial charge in [0, 0.05) is 31.2 Å². The van der Waals surface area contributed by atoms with Gasteiger partial charge in [0.1, 0.15) is 18.5 Å². The van der Waals surface area contributed by atoms with Crippen LogP contribution >= 0.6 is 0 Å². The second-order valence-corrected chi connectivity index (χ2v) is 8.40. The van der Waals surface area contributed by atoms with Crippen LogP contribution in [0.4, 0.5) is 0 Å². The first-order valence-electron chi connectivity index (χ1n) is 11.0. The Kier molecular flexibility index (Phi) is 7.15. The second-order valence-electron chi connectivity index (χ2n) is 8.40. The van der Waals surface area contributed by atoms with Crippen LogP contribution in [0.2, 0.25) is 0 Å². The number of benzene rings is 3. The average molecular weight is 427 g/mol. The van der Waals surface area contributed by atoms with E-state index in [4.69, 9.17) is 4.74 Å². The SMILES string of the molecule is Cc1ccc(OCC(O)CN(Cc2ccc3ncccc3c2)Cc2ccccc2C)cc1. The van der Waals surface area contributed by atoms with Crippen LogP contribution in [-0.2, 0) is 13.1 Å². The number of aliphatic hydroxyl groups is 1. The molecule has 4 rings (SSSR count). The zero-order valence-electron chi connectivity index (χ0n) is 18.7.